The predicted octanol–water partition coefficient (Wildman–Crippen LogP) is 1.07. The van der Waals surface area contributed by atoms with Crippen LogP contribution >= 0.6 is 0 Å². The van der Waals surface area contributed by atoms with Crippen molar-refractivity contribution >= 4 is 12.9 Å². The molecule has 0 spiro atoms. The summed E-state index contributed by atoms with van der Waals surface area (Å²) in [6.07, 6.45) is 1.68. The number of allylic oxidation sites excluding steroid dienone is 3. The van der Waals surface area contributed by atoms with Crippen LogP contribution in [0.5, 0.6) is 0 Å². The number of hydrogen-bond acceptors (Lipinski definition) is 4. The quantitative estimate of drug-likeness (QED) is 0.519. The Bertz CT molecular complexity index is 297. The van der Waals surface area contributed by atoms with Gasteiger partial charge in [0.2, 0.25) is 0 Å². The lowest BCUT2D eigenvalue weighted by atomic mass is 10.1. The maximum Gasteiger partial charge on any atom is 0.0611 e. The second-order valence-electron chi connectivity index (χ2n) is 2.83. The molecule has 0 amide bonds. The zero-order chi connectivity index (χ0) is 11.1. The van der Waals surface area contributed by atoms with Crippen LogP contribution in [0.15, 0.2) is 32.6 Å². The van der Waals surface area contributed by atoms with Gasteiger partial charge in [0.25, 0.3) is 0 Å². The van der Waals surface area contributed by atoms with Crippen molar-refractivity contribution in [2.75, 3.05) is 14.1 Å². The Morgan fingerprint density at radius 3 is 2.36 bits per heavy atom. The molecule has 4 nitrogen and oxygen atoms in total. The molecule has 0 fully saturated rings. The van der Waals surface area contributed by atoms with E-state index in [9.17, 15) is 0 Å². The van der Waals surface area contributed by atoms with Crippen LogP contribution in [-0.4, -0.2) is 27.0 Å². The van der Waals surface area contributed by atoms with Gasteiger partial charge in [-0.1, -0.05) is 0 Å². The molecule has 78 valence electrons. The minimum Gasteiger partial charge on any atom is -0.397 e. The Morgan fingerprint density at radius 2 is 2.00 bits per heavy atom. The second kappa shape index (κ2) is 5.96. The molecule has 0 unspecified atom stereocenters. The van der Waals surface area contributed by atoms with E-state index in [0.717, 1.165) is 17.0 Å². The van der Waals surface area contributed by atoms with Gasteiger partial charge in [0.1, 0.15) is 0 Å². The lowest BCUT2D eigenvalue weighted by Crippen LogP contribution is -2.14. The van der Waals surface area contributed by atoms with Crippen molar-refractivity contribution in [1.29, 1.82) is 0 Å². The first-order valence-electron chi connectivity index (χ1n) is 4.32. The van der Waals surface area contributed by atoms with Gasteiger partial charge in [-0.25, -0.2) is 0 Å². The third-order valence-electron chi connectivity index (χ3n) is 1.95. The zero-order valence-electron chi connectivity index (χ0n) is 9.26. The van der Waals surface area contributed by atoms with Crippen molar-refractivity contribution in [3.63, 3.8) is 0 Å². The number of nitrogens with one attached hydrogen (secondary N) is 1. The smallest absolute Gasteiger partial charge is 0.0611 e. The lowest BCUT2D eigenvalue weighted by Gasteiger charge is -2.09. The van der Waals surface area contributed by atoms with E-state index in [1.54, 1.807) is 13.3 Å². The molecule has 0 radical (unpaired) electrons. The van der Waals surface area contributed by atoms with Crippen LogP contribution in [0.25, 0.3) is 0 Å². The summed E-state index contributed by atoms with van der Waals surface area (Å²) < 4.78 is 0. The molecule has 0 aromatic carbocycles. The van der Waals surface area contributed by atoms with Crippen LogP contribution < -0.4 is 11.1 Å². The Kier molecular flexibility index (Phi) is 5.29. The summed E-state index contributed by atoms with van der Waals surface area (Å²) in [5.41, 5.74) is 9.01. The largest absolute Gasteiger partial charge is 0.397 e. The molecule has 0 saturated heterocycles. The third-order valence-corrected chi connectivity index (χ3v) is 1.95. The molecule has 0 atom stereocenters. The van der Waals surface area contributed by atoms with Crippen LogP contribution in [0.3, 0.4) is 0 Å². The molecule has 0 aromatic heterocycles. The molecule has 0 aliphatic carbocycles. The van der Waals surface area contributed by atoms with E-state index in [-0.39, 0.29) is 0 Å². The molecule has 0 bridgehead atoms. The van der Waals surface area contributed by atoms with E-state index in [2.05, 4.69) is 22.0 Å². The van der Waals surface area contributed by atoms with Crippen molar-refractivity contribution in [3.05, 3.63) is 22.7 Å². The molecule has 3 N–H and O–H groups in total. The predicted molar refractivity (Wildman–Crippen MR) is 62.6 cm³/mol. The molecule has 4 heteroatoms. The molecule has 0 aliphatic heterocycles. The Balaban J connectivity index is 5.35. The molecule has 0 heterocycles. The number of rotatable bonds is 4. The highest BCUT2D eigenvalue weighted by Crippen LogP contribution is 2.11. The van der Waals surface area contributed by atoms with Crippen molar-refractivity contribution in [2.24, 2.45) is 15.7 Å². The molecule has 0 aromatic rings. The highest BCUT2D eigenvalue weighted by molar-refractivity contribution is 5.85. The molecule has 0 aliphatic rings. The number of hydrogen-bond donors (Lipinski definition) is 2. The second-order valence-corrected chi connectivity index (χ2v) is 2.83. The Hall–Kier alpha value is -1.58. The minimum absolute atomic E-state index is 0.642. The lowest BCUT2D eigenvalue weighted by molar-refractivity contribution is 0.956. The van der Waals surface area contributed by atoms with E-state index in [1.165, 1.54) is 0 Å². The highest BCUT2D eigenvalue weighted by atomic mass is 14.9. The summed E-state index contributed by atoms with van der Waals surface area (Å²) in [6.45, 7) is 7.21. The SMILES string of the molecule is C=N/C(C)=C(C=NC)/C(N)=C(/C)NC. The summed E-state index contributed by atoms with van der Waals surface area (Å²) in [4.78, 5) is 7.77. The Labute approximate surface area is 85.3 Å². The van der Waals surface area contributed by atoms with Crippen molar-refractivity contribution in [3.8, 4) is 0 Å². The van der Waals surface area contributed by atoms with Gasteiger partial charge in [-0.15, -0.1) is 0 Å². The van der Waals surface area contributed by atoms with E-state index in [1.807, 2.05) is 20.9 Å². The number of aliphatic imine (C=N–C) groups is 2. The van der Waals surface area contributed by atoms with Crippen LogP contribution in [0.2, 0.25) is 0 Å². The summed E-state index contributed by atoms with van der Waals surface area (Å²) >= 11 is 0. The van der Waals surface area contributed by atoms with Gasteiger partial charge in [-0.05, 0) is 20.6 Å². The van der Waals surface area contributed by atoms with Crippen LogP contribution in [0, 0.1) is 0 Å². The summed E-state index contributed by atoms with van der Waals surface area (Å²) in [7, 11) is 3.51. The number of nitrogens with zero attached hydrogens (tertiary/aromatic N) is 2. The average Bonchev–Trinajstić information content (AvgIpc) is 2.22. The molecular formula is C10H18N4. The summed E-state index contributed by atoms with van der Waals surface area (Å²) in [5, 5.41) is 2.98. The fraction of sp³-hybridized carbons (Fsp3) is 0.400. The average molecular weight is 194 g/mol. The van der Waals surface area contributed by atoms with Crippen molar-refractivity contribution in [2.45, 2.75) is 13.8 Å². The standard InChI is InChI=1S/C10H18N4/c1-7(13-4)9(6-12-3)10(11)8(2)14-5/h6,14H,4,11H2,1-3,5H3/b9-7+,10-8+,12-6?. The van der Waals surface area contributed by atoms with Crippen molar-refractivity contribution in [1.82, 2.24) is 5.32 Å². The van der Waals surface area contributed by atoms with E-state index in [0.29, 0.717) is 5.70 Å². The summed E-state index contributed by atoms with van der Waals surface area (Å²) in [6, 6.07) is 0. The molecular weight excluding hydrogens is 176 g/mol. The molecule has 0 saturated carbocycles. The van der Waals surface area contributed by atoms with Gasteiger partial charge in [-0.3, -0.25) is 9.98 Å². The van der Waals surface area contributed by atoms with Crippen LogP contribution in [0.4, 0.5) is 0 Å². The van der Waals surface area contributed by atoms with Gasteiger partial charge in [0.05, 0.1) is 5.70 Å². The highest BCUT2D eigenvalue weighted by Gasteiger charge is 2.05. The van der Waals surface area contributed by atoms with E-state index >= 15 is 0 Å². The van der Waals surface area contributed by atoms with Gasteiger partial charge in [0, 0.05) is 37.3 Å². The maximum absolute atomic E-state index is 5.91. The minimum atomic E-state index is 0.642. The first-order valence-corrected chi connectivity index (χ1v) is 4.32. The molecule has 0 rings (SSSR count). The first kappa shape index (κ1) is 12.4. The van der Waals surface area contributed by atoms with E-state index in [4.69, 9.17) is 5.73 Å². The zero-order valence-corrected chi connectivity index (χ0v) is 9.26. The van der Waals surface area contributed by atoms with Gasteiger partial charge in [0.15, 0.2) is 0 Å². The molecule has 14 heavy (non-hydrogen) atoms. The van der Waals surface area contributed by atoms with Crippen molar-refractivity contribution < 1.29 is 0 Å². The summed E-state index contributed by atoms with van der Waals surface area (Å²) in [5.74, 6) is 0. The monoisotopic (exact) mass is 194 g/mol. The maximum atomic E-state index is 5.91. The fourth-order valence-corrected chi connectivity index (χ4v) is 0.909. The fourth-order valence-electron chi connectivity index (χ4n) is 0.909. The van der Waals surface area contributed by atoms with E-state index < -0.39 is 0 Å². The van der Waals surface area contributed by atoms with Gasteiger partial charge in [-0.2, -0.15) is 0 Å². The van der Waals surface area contributed by atoms with Crippen LogP contribution in [0.1, 0.15) is 13.8 Å². The first-order chi connectivity index (χ1) is 6.58. The Morgan fingerprint density at radius 1 is 1.43 bits per heavy atom. The van der Waals surface area contributed by atoms with Crippen LogP contribution in [-0.2, 0) is 0 Å². The topological polar surface area (TPSA) is 62.8 Å². The van der Waals surface area contributed by atoms with Gasteiger partial charge >= 0.3 is 0 Å². The number of nitrogens with two attached hydrogens (primary N) is 1. The third kappa shape index (κ3) is 3.05. The van der Waals surface area contributed by atoms with Gasteiger partial charge < -0.3 is 11.1 Å². The normalized spacial score (nSPS) is 14.9.